The van der Waals surface area contributed by atoms with E-state index in [1.807, 2.05) is 29.9 Å². The molecule has 1 heterocycles. The average Bonchev–Trinajstić information content (AvgIpc) is 2.98. The predicted octanol–water partition coefficient (Wildman–Crippen LogP) is 5.20. The summed E-state index contributed by atoms with van der Waals surface area (Å²) in [5.41, 5.74) is 3.63. The third kappa shape index (κ3) is 3.03. The molecule has 0 bridgehead atoms. The minimum atomic E-state index is 0.597. The van der Waals surface area contributed by atoms with Crippen molar-refractivity contribution in [3.63, 3.8) is 0 Å². The van der Waals surface area contributed by atoms with Crippen LogP contribution in [0.15, 0.2) is 48.5 Å². The van der Waals surface area contributed by atoms with Crippen molar-refractivity contribution in [3.8, 4) is 5.75 Å². The number of fused-ring (bicyclic) bond motifs is 1. The maximum absolute atomic E-state index is 5.97. The first kappa shape index (κ1) is 15.3. The second-order valence-electron chi connectivity index (χ2n) is 6.80. The normalized spacial score (nSPS) is 15.7. The van der Waals surface area contributed by atoms with E-state index < -0.39 is 0 Å². The van der Waals surface area contributed by atoms with Crippen LogP contribution in [0.2, 0.25) is 0 Å². The molecule has 0 amide bonds. The van der Waals surface area contributed by atoms with E-state index in [0.29, 0.717) is 12.5 Å². The summed E-state index contributed by atoms with van der Waals surface area (Å²) in [6.45, 7) is 0.597. The van der Waals surface area contributed by atoms with Gasteiger partial charge in [-0.2, -0.15) is 5.10 Å². The van der Waals surface area contributed by atoms with Crippen LogP contribution in [-0.2, 0) is 13.7 Å². The highest BCUT2D eigenvalue weighted by Crippen LogP contribution is 2.36. The Balaban J connectivity index is 1.58. The van der Waals surface area contributed by atoms with Gasteiger partial charge in [-0.3, -0.25) is 4.68 Å². The Morgan fingerprint density at radius 2 is 1.83 bits per heavy atom. The van der Waals surface area contributed by atoms with Crippen molar-refractivity contribution in [1.29, 1.82) is 0 Å². The molecule has 0 atom stereocenters. The topological polar surface area (TPSA) is 27.1 Å². The van der Waals surface area contributed by atoms with Gasteiger partial charge in [0.15, 0.2) is 0 Å². The van der Waals surface area contributed by atoms with Crippen molar-refractivity contribution in [2.24, 2.45) is 7.05 Å². The molecule has 1 aromatic heterocycles. The van der Waals surface area contributed by atoms with Crippen molar-refractivity contribution in [2.45, 2.75) is 44.6 Å². The molecule has 24 heavy (non-hydrogen) atoms. The number of aryl methyl sites for hydroxylation is 1. The van der Waals surface area contributed by atoms with Crippen molar-refractivity contribution in [1.82, 2.24) is 9.78 Å². The molecule has 0 N–H and O–H groups in total. The van der Waals surface area contributed by atoms with Gasteiger partial charge in [-0.1, -0.05) is 49.6 Å². The molecule has 4 rings (SSSR count). The quantitative estimate of drug-likeness (QED) is 0.660. The average molecular weight is 320 g/mol. The lowest BCUT2D eigenvalue weighted by Crippen LogP contribution is -2.06. The van der Waals surface area contributed by atoms with Crippen LogP contribution in [0.1, 0.15) is 49.3 Å². The van der Waals surface area contributed by atoms with E-state index in [1.165, 1.54) is 54.3 Å². The lowest BCUT2D eigenvalue weighted by molar-refractivity contribution is 0.306. The van der Waals surface area contributed by atoms with Crippen LogP contribution in [0.3, 0.4) is 0 Å². The van der Waals surface area contributed by atoms with E-state index >= 15 is 0 Å². The highest BCUT2D eigenvalue weighted by Gasteiger charge is 2.21. The van der Waals surface area contributed by atoms with Gasteiger partial charge in [0.2, 0.25) is 0 Å². The van der Waals surface area contributed by atoms with Crippen LogP contribution in [0, 0.1) is 0 Å². The van der Waals surface area contributed by atoms with Crippen LogP contribution in [0.5, 0.6) is 5.75 Å². The fourth-order valence-corrected chi connectivity index (χ4v) is 3.77. The zero-order valence-corrected chi connectivity index (χ0v) is 14.2. The van der Waals surface area contributed by atoms with Gasteiger partial charge in [0, 0.05) is 24.4 Å². The molecule has 0 saturated heterocycles. The molecule has 1 saturated carbocycles. The number of benzene rings is 2. The molecule has 0 spiro atoms. The van der Waals surface area contributed by atoms with E-state index in [4.69, 9.17) is 9.84 Å². The summed E-state index contributed by atoms with van der Waals surface area (Å²) in [6, 6.07) is 16.7. The Morgan fingerprint density at radius 3 is 2.62 bits per heavy atom. The van der Waals surface area contributed by atoms with Crippen molar-refractivity contribution >= 4 is 10.9 Å². The Hall–Kier alpha value is -2.29. The molecule has 2 aromatic carbocycles. The Labute approximate surface area is 143 Å². The molecule has 0 radical (unpaired) electrons. The number of aromatic nitrogens is 2. The molecule has 1 aliphatic carbocycles. The van der Waals surface area contributed by atoms with Crippen molar-refractivity contribution in [3.05, 3.63) is 59.8 Å². The van der Waals surface area contributed by atoms with Crippen LogP contribution in [-0.4, -0.2) is 9.78 Å². The maximum atomic E-state index is 5.97. The van der Waals surface area contributed by atoms with E-state index in [9.17, 15) is 0 Å². The van der Waals surface area contributed by atoms with Gasteiger partial charge in [0.05, 0.1) is 11.2 Å². The number of hydrogen-bond acceptors (Lipinski definition) is 2. The molecule has 3 aromatic rings. The number of ether oxygens (including phenoxy) is 1. The van der Waals surface area contributed by atoms with Gasteiger partial charge in [0.25, 0.3) is 0 Å². The zero-order chi connectivity index (χ0) is 16.4. The number of rotatable bonds is 4. The molecule has 1 fully saturated rings. The third-order valence-corrected chi connectivity index (χ3v) is 5.09. The lowest BCUT2D eigenvalue weighted by atomic mass is 9.86. The third-order valence-electron chi connectivity index (χ3n) is 5.09. The molecule has 3 nitrogen and oxygen atoms in total. The monoisotopic (exact) mass is 320 g/mol. The first-order chi connectivity index (χ1) is 11.8. The number of hydrogen-bond donors (Lipinski definition) is 0. The molecular formula is C21H24N2O. The van der Waals surface area contributed by atoms with Gasteiger partial charge < -0.3 is 4.74 Å². The molecule has 0 unspecified atom stereocenters. The van der Waals surface area contributed by atoms with E-state index in [-0.39, 0.29) is 0 Å². The highest BCUT2D eigenvalue weighted by atomic mass is 16.5. The summed E-state index contributed by atoms with van der Waals surface area (Å²) in [5.74, 6) is 1.53. The Bertz CT molecular complexity index is 816. The van der Waals surface area contributed by atoms with Gasteiger partial charge in [0.1, 0.15) is 12.4 Å². The van der Waals surface area contributed by atoms with Crippen LogP contribution < -0.4 is 4.74 Å². The zero-order valence-electron chi connectivity index (χ0n) is 14.2. The standard InChI is InChI=1S/C21H24N2O/c1-23-20-14-18(24-15-16-8-4-2-5-9-16)12-13-19(20)21(22-23)17-10-6-3-7-11-17/h2,4-5,8-9,12-14,17H,3,6-7,10-11,15H2,1H3. The van der Waals surface area contributed by atoms with Gasteiger partial charge in [-0.05, 0) is 30.5 Å². The van der Waals surface area contributed by atoms with Crippen LogP contribution in [0.25, 0.3) is 10.9 Å². The van der Waals surface area contributed by atoms with Crippen LogP contribution >= 0.6 is 0 Å². The van der Waals surface area contributed by atoms with Gasteiger partial charge in [-0.25, -0.2) is 0 Å². The summed E-state index contributed by atoms with van der Waals surface area (Å²) in [5, 5.41) is 6.12. The largest absolute Gasteiger partial charge is 0.489 e. The minimum Gasteiger partial charge on any atom is -0.489 e. The lowest BCUT2D eigenvalue weighted by Gasteiger charge is -2.19. The number of nitrogens with zero attached hydrogens (tertiary/aromatic N) is 2. The minimum absolute atomic E-state index is 0.597. The summed E-state index contributed by atoms with van der Waals surface area (Å²) in [6.07, 6.45) is 6.59. The van der Waals surface area contributed by atoms with E-state index in [1.54, 1.807) is 0 Å². The van der Waals surface area contributed by atoms with Crippen molar-refractivity contribution < 1.29 is 4.74 Å². The smallest absolute Gasteiger partial charge is 0.121 e. The van der Waals surface area contributed by atoms with Crippen LogP contribution in [0.4, 0.5) is 0 Å². The summed E-state index contributed by atoms with van der Waals surface area (Å²) in [7, 11) is 2.04. The second-order valence-corrected chi connectivity index (χ2v) is 6.80. The highest BCUT2D eigenvalue weighted by molar-refractivity contribution is 5.83. The molecule has 3 heteroatoms. The van der Waals surface area contributed by atoms with Gasteiger partial charge >= 0.3 is 0 Å². The molecule has 0 aliphatic heterocycles. The Morgan fingerprint density at radius 1 is 1.04 bits per heavy atom. The first-order valence-electron chi connectivity index (χ1n) is 8.94. The molecular weight excluding hydrogens is 296 g/mol. The summed E-state index contributed by atoms with van der Waals surface area (Å²) < 4.78 is 7.98. The fraction of sp³-hybridized carbons (Fsp3) is 0.381. The van der Waals surface area contributed by atoms with Crippen molar-refractivity contribution in [2.75, 3.05) is 0 Å². The maximum Gasteiger partial charge on any atom is 0.121 e. The molecule has 124 valence electrons. The fourth-order valence-electron chi connectivity index (χ4n) is 3.77. The summed E-state index contributed by atoms with van der Waals surface area (Å²) >= 11 is 0. The summed E-state index contributed by atoms with van der Waals surface area (Å²) in [4.78, 5) is 0. The molecule has 1 aliphatic rings. The Kier molecular flexibility index (Phi) is 4.24. The van der Waals surface area contributed by atoms with E-state index in [2.05, 4.69) is 30.3 Å². The first-order valence-corrected chi connectivity index (χ1v) is 8.94. The predicted molar refractivity (Wildman–Crippen MR) is 97.3 cm³/mol. The second kappa shape index (κ2) is 6.68. The van der Waals surface area contributed by atoms with Gasteiger partial charge in [-0.15, -0.1) is 0 Å². The SMILES string of the molecule is Cn1nc(C2CCCCC2)c2ccc(OCc3ccccc3)cc21. The van der Waals surface area contributed by atoms with E-state index in [0.717, 1.165) is 5.75 Å².